The summed E-state index contributed by atoms with van der Waals surface area (Å²) in [4.78, 5) is 0. The van der Waals surface area contributed by atoms with Crippen molar-refractivity contribution in [2.45, 2.75) is 59.4 Å². The first-order valence-corrected chi connectivity index (χ1v) is 7.64. The molecule has 0 unspecified atom stereocenters. The van der Waals surface area contributed by atoms with E-state index in [-0.39, 0.29) is 5.41 Å². The standard InChI is InChI=1S/C18H27NO/c1-7-12-9-14-13(8-2)16(11-19-6)20-17(14)15(10-12)18(3,4)5/h9-10,19H,7-8,11H2,1-6H3. The molecule has 1 N–H and O–H groups in total. The third-order valence-corrected chi connectivity index (χ3v) is 3.94. The highest BCUT2D eigenvalue weighted by Crippen LogP contribution is 2.36. The van der Waals surface area contributed by atoms with Gasteiger partial charge in [-0.3, -0.25) is 0 Å². The minimum atomic E-state index is 0.100. The molecule has 0 fully saturated rings. The van der Waals surface area contributed by atoms with E-state index < -0.39 is 0 Å². The van der Waals surface area contributed by atoms with Crippen molar-refractivity contribution < 1.29 is 4.42 Å². The van der Waals surface area contributed by atoms with Gasteiger partial charge in [0.1, 0.15) is 11.3 Å². The molecule has 1 aromatic carbocycles. The number of fused-ring (bicyclic) bond motifs is 1. The zero-order chi connectivity index (χ0) is 14.9. The molecule has 0 aliphatic heterocycles. The van der Waals surface area contributed by atoms with Crippen LogP contribution in [0.4, 0.5) is 0 Å². The number of aryl methyl sites for hydroxylation is 2. The zero-order valence-electron chi connectivity index (χ0n) is 13.7. The number of furan rings is 1. The zero-order valence-corrected chi connectivity index (χ0v) is 13.7. The molecule has 0 atom stereocenters. The Bertz CT molecular complexity index is 602. The number of hydrogen-bond donors (Lipinski definition) is 1. The Kier molecular flexibility index (Phi) is 4.24. The van der Waals surface area contributed by atoms with Crippen LogP contribution < -0.4 is 5.32 Å². The molecule has 0 amide bonds. The topological polar surface area (TPSA) is 25.2 Å². The summed E-state index contributed by atoms with van der Waals surface area (Å²) in [5.41, 5.74) is 5.26. The highest BCUT2D eigenvalue weighted by Gasteiger charge is 2.23. The van der Waals surface area contributed by atoms with Crippen LogP contribution in [0.3, 0.4) is 0 Å². The molecule has 2 aromatic rings. The summed E-state index contributed by atoms with van der Waals surface area (Å²) in [6.45, 7) is 12.0. The summed E-state index contributed by atoms with van der Waals surface area (Å²) in [7, 11) is 1.97. The van der Waals surface area contributed by atoms with E-state index in [2.05, 4.69) is 52.1 Å². The monoisotopic (exact) mass is 273 g/mol. The Morgan fingerprint density at radius 1 is 1.10 bits per heavy atom. The maximum Gasteiger partial charge on any atom is 0.138 e. The summed E-state index contributed by atoms with van der Waals surface area (Å²) in [6, 6.07) is 4.63. The summed E-state index contributed by atoms with van der Waals surface area (Å²) in [6.07, 6.45) is 2.08. The summed E-state index contributed by atoms with van der Waals surface area (Å²) in [5, 5.41) is 4.52. The van der Waals surface area contributed by atoms with Crippen molar-refractivity contribution in [3.8, 4) is 0 Å². The van der Waals surface area contributed by atoms with Crippen molar-refractivity contribution in [1.29, 1.82) is 0 Å². The van der Waals surface area contributed by atoms with Crippen LogP contribution in [0, 0.1) is 0 Å². The third kappa shape index (κ3) is 2.62. The third-order valence-electron chi connectivity index (χ3n) is 3.94. The van der Waals surface area contributed by atoms with Gasteiger partial charge in [0.25, 0.3) is 0 Å². The molecule has 2 heteroatoms. The molecule has 2 nitrogen and oxygen atoms in total. The minimum absolute atomic E-state index is 0.100. The predicted molar refractivity (Wildman–Crippen MR) is 86.4 cm³/mol. The first-order chi connectivity index (χ1) is 9.42. The summed E-state index contributed by atoms with van der Waals surface area (Å²) < 4.78 is 6.23. The molecular weight excluding hydrogens is 246 g/mol. The van der Waals surface area contributed by atoms with E-state index in [9.17, 15) is 0 Å². The molecule has 2 rings (SSSR count). The van der Waals surface area contributed by atoms with E-state index in [1.54, 1.807) is 0 Å². The van der Waals surface area contributed by atoms with Crippen LogP contribution in [0.1, 0.15) is 57.1 Å². The van der Waals surface area contributed by atoms with E-state index in [1.165, 1.54) is 22.1 Å². The minimum Gasteiger partial charge on any atom is -0.459 e. The molecular formula is C18H27NO. The predicted octanol–water partition coefficient (Wildman–Crippen LogP) is 4.57. The maximum absolute atomic E-state index is 6.23. The van der Waals surface area contributed by atoms with Crippen molar-refractivity contribution in [3.05, 3.63) is 34.6 Å². The van der Waals surface area contributed by atoms with Gasteiger partial charge in [-0.05, 0) is 36.9 Å². The van der Waals surface area contributed by atoms with Crippen LogP contribution in [-0.2, 0) is 24.8 Å². The van der Waals surface area contributed by atoms with E-state index in [1.807, 2.05) is 7.05 Å². The van der Waals surface area contributed by atoms with Gasteiger partial charge in [0.15, 0.2) is 0 Å². The molecule has 1 heterocycles. The van der Waals surface area contributed by atoms with Gasteiger partial charge in [0.2, 0.25) is 0 Å². The average molecular weight is 273 g/mol. The summed E-state index contributed by atoms with van der Waals surface area (Å²) in [5.74, 6) is 1.09. The molecule has 20 heavy (non-hydrogen) atoms. The smallest absolute Gasteiger partial charge is 0.138 e. The van der Waals surface area contributed by atoms with Crippen molar-refractivity contribution in [1.82, 2.24) is 5.32 Å². The van der Waals surface area contributed by atoms with Crippen LogP contribution in [0.2, 0.25) is 0 Å². The highest BCUT2D eigenvalue weighted by atomic mass is 16.3. The van der Waals surface area contributed by atoms with Gasteiger partial charge in [-0.25, -0.2) is 0 Å². The fourth-order valence-corrected chi connectivity index (χ4v) is 2.81. The Balaban J connectivity index is 2.79. The van der Waals surface area contributed by atoms with Crippen LogP contribution in [0.15, 0.2) is 16.5 Å². The number of benzene rings is 1. The van der Waals surface area contributed by atoms with Gasteiger partial charge in [0, 0.05) is 16.5 Å². The Morgan fingerprint density at radius 2 is 1.80 bits per heavy atom. The van der Waals surface area contributed by atoms with Crippen molar-refractivity contribution in [2.24, 2.45) is 0 Å². The lowest BCUT2D eigenvalue weighted by molar-refractivity contribution is 0.508. The van der Waals surface area contributed by atoms with E-state index in [4.69, 9.17) is 4.42 Å². The lowest BCUT2D eigenvalue weighted by Crippen LogP contribution is -2.12. The van der Waals surface area contributed by atoms with Crippen LogP contribution >= 0.6 is 0 Å². The average Bonchev–Trinajstić information content (AvgIpc) is 2.73. The molecule has 0 aliphatic carbocycles. The van der Waals surface area contributed by atoms with Gasteiger partial charge < -0.3 is 9.73 Å². The molecule has 1 aromatic heterocycles. The van der Waals surface area contributed by atoms with E-state index in [0.29, 0.717) is 0 Å². The molecule has 0 aliphatic rings. The second-order valence-electron chi connectivity index (χ2n) is 6.51. The Morgan fingerprint density at radius 3 is 2.30 bits per heavy atom. The van der Waals surface area contributed by atoms with E-state index in [0.717, 1.165) is 30.7 Å². The first kappa shape index (κ1) is 15.1. The van der Waals surface area contributed by atoms with Crippen LogP contribution in [-0.4, -0.2) is 7.05 Å². The number of nitrogens with one attached hydrogen (secondary N) is 1. The Labute approximate surface area is 122 Å². The van der Waals surface area contributed by atoms with Gasteiger partial charge in [0.05, 0.1) is 6.54 Å². The number of rotatable bonds is 4. The Hall–Kier alpha value is -1.28. The SMILES string of the molecule is CCc1cc(C(C)(C)C)c2oc(CNC)c(CC)c2c1. The van der Waals surface area contributed by atoms with Crippen molar-refractivity contribution in [2.75, 3.05) is 7.05 Å². The first-order valence-electron chi connectivity index (χ1n) is 7.64. The molecule has 110 valence electrons. The van der Waals surface area contributed by atoms with Crippen LogP contribution in [0.5, 0.6) is 0 Å². The molecule has 0 bridgehead atoms. The largest absolute Gasteiger partial charge is 0.459 e. The maximum atomic E-state index is 6.23. The fourth-order valence-electron chi connectivity index (χ4n) is 2.81. The van der Waals surface area contributed by atoms with Gasteiger partial charge in [-0.15, -0.1) is 0 Å². The number of hydrogen-bond acceptors (Lipinski definition) is 2. The van der Waals surface area contributed by atoms with Gasteiger partial charge >= 0.3 is 0 Å². The van der Waals surface area contributed by atoms with E-state index >= 15 is 0 Å². The molecule has 0 saturated heterocycles. The lowest BCUT2D eigenvalue weighted by Gasteiger charge is -2.20. The second-order valence-corrected chi connectivity index (χ2v) is 6.51. The fraction of sp³-hybridized carbons (Fsp3) is 0.556. The summed E-state index contributed by atoms with van der Waals surface area (Å²) >= 11 is 0. The van der Waals surface area contributed by atoms with Gasteiger partial charge in [-0.2, -0.15) is 0 Å². The van der Waals surface area contributed by atoms with Crippen molar-refractivity contribution in [3.63, 3.8) is 0 Å². The highest BCUT2D eigenvalue weighted by molar-refractivity contribution is 5.86. The van der Waals surface area contributed by atoms with Gasteiger partial charge in [-0.1, -0.05) is 40.7 Å². The molecule has 0 radical (unpaired) electrons. The normalized spacial score (nSPS) is 12.3. The molecule has 0 spiro atoms. The quantitative estimate of drug-likeness (QED) is 0.882. The lowest BCUT2D eigenvalue weighted by atomic mass is 9.84. The van der Waals surface area contributed by atoms with Crippen molar-refractivity contribution >= 4 is 11.0 Å². The second kappa shape index (κ2) is 5.61. The van der Waals surface area contributed by atoms with Crippen LogP contribution in [0.25, 0.3) is 11.0 Å². The molecule has 0 saturated carbocycles.